The van der Waals surface area contributed by atoms with Crippen molar-refractivity contribution in [1.29, 1.82) is 0 Å². The molecular weight excluding hydrogens is 184 g/mol. The second-order valence-corrected chi connectivity index (χ2v) is 5.83. The average molecular weight is 210 g/mol. The van der Waals surface area contributed by atoms with Crippen LogP contribution in [0.15, 0.2) is 0 Å². The third-order valence-electron chi connectivity index (χ3n) is 3.42. The van der Waals surface area contributed by atoms with Crippen LogP contribution in [0.3, 0.4) is 0 Å². The van der Waals surface area contributed by atoms with Gasteiger partial charge in [-0.25, -0.2) is 0 Å². The highest BCUT2D eigenvalue weighted by molar-refractivity contribution is 5.83. The Balaban J connectivity index is 2.34. The highest BCUT2D eigenvalue weighted by Crippen LogP contribution is 2.41. The summed E-state index contributed by atoms with van der Waals surface area (Å²) in [5.74, 6) is 2.66. The van der Waals surface area contributed by atoms with Gasteiger partial charge in [-0.1, -0.05) is 40.5 Å². The zero-order valence-corrected chi connectivity index (χ0v) is 10.8. The van der Waals surface area contributed by atoms with Crippen LogP contribution in [0.4, 0.5) is 0 Å². The largest absolute Gasteiger partial charge is 0.299 e. The lowest BCUT2D eigenvalue weighted by Gasteiger charge is -2.17. The van der Waals surface area contributed by atoms with Crippen molar-refractivity contribution in [2.75, 3.05) is 0 Å². The molecule has 1 aliphatic carbocycles. The minimum atomic E-state index is 0.231. The van der Waals surface area contributed by atoms with Crippen molar-refractivity contribution in [2.45, 2.75) is 59.8 Å². The molecule has 1 fully saturated rings. The maximum absolute atomic E-state index is 12.0. The van der Waals surface area contributed by atoms with Crippen LogP contribution >= 0.6 is 0 Å². The summed E-state index contributed by atoms with van der Waals surface area (Å²) in [5, 5.41) is 0. The van der Waals surface area contributed by atoms with Gasteiger partial charge in [-0.05, 0) is 31.1 Å². The molecule has 1 atom stereocenters. The molecular formula is C14H26O. The first kappa shape index (κ1) is 12.7. The van der Waals surface area contributed by atoms with Crippen LogP contribution in [0.5, 0.6) is 0 Å². The van der Waals surface area contributed by atoms with Crippen molar-refractivity contribution in [3.8, 4) is 0 Å². The summed E-state index contributed by atoms with van der Waals surface area (Å²) < 4.78 is 0. The molecule has 0 aromatic carbocycles. The molecule has 1 rings (SSSR count). The molecule has 1 aliphatic rings. The lowest BCUT2D eigenvalue weighted by molar-refractivity contribution is -0.126. The molecule has 1 nitrogen and oxygen atoms in total. The number of hydrogen-bond acceptors (Lipinski definition) is 1. The van der Waals surface area contributed by atoms with Crippen LogP contribution < -0.4 is 0 Å². The molecule has 0 aromatic rings. The van der Waals surface area contributed by atoms with Gasteiger partial charge in [0.25, 0.3) is 0 Å². The molecule has 1 saturated carbocycles. The van der Waals surface area contributed by atoms with E-state index in [1.165, 1.54) is 25.7 Å². The molecule has 0 bridgehead atoms. The average Bonchev–Trinajstić information content (AvgIpc) is 2.94. The maximum Gasteiger partial charge on any atom is 0.138 e. The first-order valence-corrected chi connectivity index (χ1v) is 6.56. The van der Waals surface area contributed by atoms with Gasteiger partial charge in [-0.3, -0.25) is 4.79 Å². The molecule has 0 spiro atoms. The summed E-state index contributed by atoms with van der Waals surface area (Å²) in [4.78, 5) is 12.0. The van der Waals surface area contributed by atoms with E-state index in [1.807, 2.05) is 13.8 Å². The Morgan fingerprint density at radius 3 is 2.13 bits per heavy atom. The van der Waals surface area contributed by atoms with Crippen LogP contribution in [0.1, 0.15) is 59.8 Å². The van der Waals surface area contributed by atoms with Gasteiger partial charge in [-0.15, -0.1) is 0 Å². The monoisotopic (exact) mass is 210 g/mol. The van der Waals surface area contributed by atoms with Crippen LogP contribution in [-0.4, -0.2) is 5.78 Å². The van der Waals surface area contributed by atoms with Crippen LogP contribution in [0.2, 0.25) is 0 Å². The molecule has 0 aromatic heterocycles. The van der Waals surface area contributed by atoms with Crippen molar-refractivity contribution < 1.29 is 4.79 Å². The van der Waals surface area contributed by atoms with Gasteiger partial charge >= 0.3 is 0 Å². The van der Waals surface area contributed by atoms with E-state index in [9.17, 15) is 4.79 Å². The topological polar surface area (TPSA) is 17.1 Å². The first-order chi connectivity index (χ1) is 7.02. The van der Waals surface area contributed by atoms with Crippen molar-refractivity contribution >= 4 is 5.78 Å². The molecule has 1 heteroatoms. The third kappa shape index (κ3) is 4.36. The summed E-state index contributed by atoms with van der Waals surface area (Å²) in [6.45, 7) is 8.60. The van der Waals surface area contributed by atoms with Crippen LogP contribution in [0, 0.1) is 23.7 Å². The Morgan fingerprint density at radius 2 is 1.73 bits per heavy atom. The lowest BCUT2D eigenvalue weighted by atomic mass is 9.86. The van der Waals surface area contributed by atoms with Crippen molar-refractivity contribution in [1.82, 2.24) is 0 Å². The van der Waals surface area contributed by atoms with Gasteiger partial charge in [0.2, 0.25) is 0 Å². The summed E-state index contributed by atoms with van der Waals surface area (Å²) >= 11 is 0. The van der Waals surface area contributed by atoms with Gasteiger partial charge in [0.15, 0.2) is 0 Å². The van der Waals surface area contributed by atoms with Gasteiger partial charge in [0.05, 0.1) is 0 Å². The zero-order valence-electron chi connectivity index (χ0n) is 10.8. The third-order valence-corrected chi connectivity index (χ3v) is 3.42. The highest BCUT2D eigenvalue weighted by atomic mass is 16.1. The Kier molecular flexibility index (Phi) is 4.82. The second-order valence-electron chi connectivity index (χ2n) is 5.83. The molecule has 0 aliphatic heterocycles. The fraction of sp³-hybridized carbons (Fsp3) is 0.929. The Hall–Kier alpha value is -0.330. The van der Waals surface area contributed by atoms with E-state index in [2.05, 4.69) is 13.8 Å². The van der Waals surface area contributed by atoms with Crippen molar-refractivity contribution in [3.63, 3.8) is 0 Å². The summed E-state index contributed by atoms with van der Waals surface area (Å²) in [5.41, 5.74) is 0. The zero-order chi connectivity index (χ0) is 11.4. The second kappa shape index (κ2) is 5.67. The molecule has 1 unspecified atom stereocenters. The summed E-state index contributed by atoms with van der Waals surface area (Å²) in [7, 11) is 0. The van der Waals surface area contributed by atoms with E-state index in [0.717, 1.165) is 18.3 Å². The van der Waals surface area contributed by atoms with E-state index >= 15 is 0 Å². The van der Waals surface area contributed by atoms with Crippen LogP contribution in [-0.2, 0) is 4.79 Å². The fourth-order valence-corrected chi connectivity index (χ4v) is 2.28. The number of hydrogen-bond donors (Lipinski definition) is 0. The van der Waals surface area contributed by atoms with Crippen molar-refractivity contribution in [2.24, 2.45) is 23.7 Å². The minimum Gasteiger partial charge on any atom is -0.299 e. The number of ketones is 1. The number of carbonyl (C=O) groups excluding carboxylic acids is 1. The quantitative estimate of drug-likeness (QED) is 0.619. The van der Waals surface area contributed by atoms with E-state index in [-0.39, 0.29) is 5.92 Å². The molecule has 0 saturated heterocycles. The van der Waals surface area contributed by atoms with Crippen molar-refractivity contribution in [3.05, 3.63) is 0 Å². The standard InChI is InChI=1S/C14H26O/c1-10(2)6-5-7-13(12-8-9-12)14(15)11(3)4/h10-13H,5-9H2,1-4H3. The predicted octanol–water partition coefficient (Wildman–Crippen LogP) is 4.06. The Bertz CT molecular complexity index is 201. The summed E-state index contributed by atoms with van der Waals surface area (Å²) in [6.07, 6.45) is 6.24. The van der Waals surface area contributed by atoms with Crippen LogP contribution in [0.25, 0.3) is 0 Å². The van der Waals surface area contributed by atoms with Gasteiger partial charge < -0.3 is 0 Å². The number of carbonyl (C=O) groups is 1. The lowest BCUT2D eigenvalue weighted by Crippen LogP contribution is -2.21. The molecule has 0 N–H and O–H groups in total. The number of rotatable bonds is 7. The van der Waals surface area contributed by atoms with E-state index in [1.54, 1.807) is 0 Å². The molecule has 0 heterocycles. The molecule has 88 valence electrons. The molecule has 0 radical (unpaired) electrons. The maximum atomic E-state index is 12.0. The Labute approximate surface area is 94.6 Å². The van der Waals surface area contributed by atoms with Gasteiger partial charge in [-0.2, -0.15) is 0 Å². The minimum absolute atomic E-state index is 0.231. The van der Waals surface area contributed by atoms with Gasteiger partial charge in [0.1, 0.15) is 5.78 Å². The summed E-state index contributed by atoms with van der Waals surface area (Å²) in [6, 6.07) is 0. The van der Waals surface area contributed by atoms with Gasteiger partial charge in [0, 0.05) is 11.8 Å². The Morgan fingerprint density at radius 1 is 1.13 bits per heavy atom. The SMILES string of the molecule is CC(C)CCCC(C(=O)C(C)C)C1CC1. The smallest absolute Gasteiger partial charge is 0.138 e. The van der Waals surface area contributed by atoms with E-state index in [0.29, 0.717) is 11.7 Å². The van der Waals surface area contributed by atoms with E-state index < -0.39 is 0 Å². The molecule has 15 heavy (non-hydrogen) atoms. The first-order valence-electron chi connectivity index (χ1n) is 6.56. The molecule has 0 amide bonds. The number of Topliss-reactive ketones (excluding diaryl/α,β-unsaturated/α-hetero) is 1. The normalized spacial score (nSPS) is 18.5. The predicted molar refractivity (Wildman–Crippen MR) is 64.7 cm³/mol. The van der Waals surface area contributed by atoms with E-state index in [4.69, 9.17) is 0 Å². The fourth-order valence-electron chi connectivity index (χ4n) is 2.28. The highest BCUT2D eigenvalue weighted by Gasteiger charge is 2.36.